The van der Waals surface area contributed by atoms with Crippen molar-refractivity contribution in [2.24, 2.45) is 0 Å². The van der Waals surface area contributed by atoms with Gasteiger partial charge >= 0.3 is 0 Å². The summed E-state index contributed by atoms with van der Waals surface area (Å²) in [7, 11) is 3.97. The molecule has 0 aliphatic rings. The Morgan fingerprint density at radius 1 is 1.12 bits per heavy atom. The molecule has 0 unspecified atom stereocenters. The molecule has 2 aromatic carbocycles. The fourth-order valence-corrected chi connectivity index (χ4v) is 2.01. The lowest BCUT2D eigenvalue weighted by Gasteiger charge is -2.12. The van der Waals surface area contributed by atoms with Gasteiger partial charge in [-0.15, -0.1) is 0 Å². The van der Waals surface area contributed by atoms with E-state index in [0.717, 1.165) is 12.3 Å². The van der Waals surface area contributed by atoms with Crippen LogP contribution in [0.5, 0.6) is 11.5 Å². The normalized spacial score (nSPS) is 10.2. The average molecular weight is 339 g/mol. The van der Waals surface area contributed by atoms with Crippen molar-refractivity contribution in [3.8, 4) is 17.6 Å². The SMILES string of the molecule is CN(C)CCOc1ccc(NC(=O)COc2ccccc2C#N)cc1. The van der Waals surface area contributed by atoms with Crippen molar-refractivity contribution in [2.45, 2.75) is 0 Å². The molecular weight excluding hydrogens is 318 g/mol. The predicted octanol–water partition coefficient (Wildman–Crippen LogP) is 2.52. The number of amides is 1. The number of rotatable bonds is 8. The Hall–Kier alpha value is -3.04. The number of likely N-dealkylation sites (N-methyl/N-ethyl adjacent to an activating group) is 1. The first-order valence-corrected chi connectivity index (χ1v) is 7.88. The molecule has 6 heteroatoms. The maximum Gasteiger partial charge on any atom is 0.262 e. The summed E-state index contributed by atoms with van der Waals surface area (Å²) >= 11 is 0. The molecule has 0 atom stereocenters. The molecule has 0 saturated carbocycles. The highest BCUT2D eigenvalue weighted by atomic mass is 16.5. The van der Waals surface area contributed by atoms with Crippen LogP contribution in [0.4, 0.5) is 5.69 Å². The molecule has 0 radical (unpaired) electrons. The number of hydrogen-bond acceptors (Lipinski definition) is 5. The summed E-state index contributed by atoms with van der Waals surface area (Å²) in [6, 6.07) is 16.0. The minimum atomic E-state index is -0.297. The van der Waals surface area contributed by atoms with Crippen molar-refractivity contribution in [3.63, 3.8) is 0 Å². The van der Waals surface area contributed by atoms with Crippen LogP contribution < -0.4 is 14.8 Å². The lowest BCUT2D eigenvalue weighted by molar-refractivity contribution is -0.118. The van der Waals surface area contributed by atoms with Gasteiger partial charge in [-0.2, -0.15) is 5.26 Å². The Bertz CT molecular complexity index is 736. The second-order valence-electron chi connectivity index (χ2n) is 5.62. The zero-order chi connectivity index (χ0) is 18.1. The van der Waals surface area contributed by atoms with Gasteiger partial charge in [0.05, 0.1) is 5.56 Å². The highest BCUT2D eigenvalue weighted by Gasteiger charge is 2.07. The molecule has 0 fully saturated rings. The highest BCUT2D eigenvalue weighted by molar-refractivity contribution is 5.91. The van der Waals surface area contributed by atoms with E-state index in [1.807, 2.05) is 25.1 Å². The van der Waals surface area contributed by atoms with Gasteiger partial charge in [0.25, 0.3) is 5.91 Å². The van der Waals surface area contributed by atoms with E-state index in [9.17, 15) is 4.79 Å². The maximum atomic E-state index is 12.0. The molecule has 2 aromatic rings. The molecule has 0 bridgehead atoms. The third-order valence-electron chi connectivity index (χ3n) is 3.31. The lowest BCUT2D eigenvalue weighted by Crippen LogP contribution is -2.20. The molecule has 25 heavy (non-hydrogen) atoms. The zero-order valence-electron chi connectivity index (χ0n) is 14.4. The number of anilines is 1. The first-order valence-electron chi connectivity index (χ1n) is 7.88. The monoisotopic (exact) mass is 339 g/mol. The average Bonchev–Trinajstić information content (AvgIpc) is 2.61. The third-order valence-corrected chi connectivity index (χ3v) is 3.31. The molecule has 130 valence electrons. The molecule has 0 spiro atoms. The van der Waals surface area contributed by atoms with Crippen LogP contribution in [0.3, 0.4) is 0 Å². The molecule has 6 nitrogen and oxygen atoms in total. The molecule has 2 rings (SSSR count). The van der Waals surface area contributed by atoms with Crippen LogP contribution in [-0.4, -0.2) is 44.7 Å². The molecule has 1 amide bonds. The summed E-state index contributed by atoms with van der Waals surface area (Å²) in [6.45, 7) is 1.27. The molecule has 0 aliphatic carbocycles. The van der Waals surface area contributed by atoms with Gasteiger partial charge in [0, 0.05) is 12.2 Å². The molecule has 1 N–H and O–H groups in total. The van der Waals surface area contributed by atoms with E-state index in [1.165, 1.54) is 0 Å². The van der Waals surface area contributed by atoms with Crippen LogP contribution >= 0.6 is 0 Å². The number of hydrogen-bond donors (Lipinski definition) is 1. The van der Waals surface area contributed by atoms with Crippen LogP contribution in [0.2, 0.25) is 0 Å². The van der Waals surface area contributed by atoms with Crippen molar-refractivity contribution in [1.29, 1.82) is 5.26 Å². The van der Waals surface area contributed by atoms with Gasteiger partial charge in [0.15, 0.2) is 6.61 Å². The van der Waals surface area contributed by atoms with Gasteiger partial charge in [-0.25, -0.2) is 0 Å². The van der Waals surface area contributed by atoms with Crippen molar-refractivity contribution in [2.75, 3.05) is 39.2 Å². The zero-order valence-corrected chi connectivity index (χ0v) is 14.4. The summed E-state index contributed by atoms with van der Waals surface area (Å²) in [6.07, 6.45) is 0. The van der Waals surface area contributed by atoms with Crippen molar-refractivity contribution in [1.82, 2.24) is 4.90 Å². The van der Waals surface area contributed by atoms with Crippen LogP contribution in [-0.2, 0) is 4.79 Å². The van der Waals surface area contributed by atoms with E-state index in [2.05, 4.69) is 5.32 Å². The molecule has 0 heterocycles. The molecule has 0 saturated heterocycles. The Morgan fingerprint density at radius 2 is 1.84 bits per heavy atom. The Labute approximate surface area is 147 Å². The number of carbonyl (C=O) groups is 1. The summed E-state index contributed by atoms with van der Waals surface area (Å²) < 4.78 is 11.0. The number of para-hydroxylation sites is 1. The van der Waals surface area contributed by atoms with E-state index in [4.69, 9.17) is 14.7 Å². The largest absolute Gasteiger partial charge is 0.492 e. The Kier molecular flexibility index (Phi) is 6.81. The van der Waals surface area contributed by atoms with Gasteiger partial charge in [-0.3, -0.25) is 4.79 Å². The fourth-order valence-electron chi connectivity index (χ4n) is 2.01. The van der Waals surface area contributed by atoms with Crippen LogP contribution in [0.15, 0.2) is 48.5 Å². The minimum absolute atomic E-state index is 0.167. The summed E-state index contributed by atoms with van der Waals surface area (Å²) in [5.41, 5.74) is 1.05. The van der Waals surface area contributed by atoms with Gasteiger partial charge in [-0.1, -0.05) is 12.1 Å². The van der Waals surface area contributed by atoms with Gasteiger partial charge < -0.3 is 19.7 Å². The standard InChI is InChI=1S/C19H21N3O3/c1-22(2)11-12-24-17-9-7-16(8-10-17)21-19(23)14-25-18-6-4-3-5-15(18)13-20/h3-10H,11-12,14H2,1-2H3,(H,21,23). The van der Waals surface area contributed by atoms with Crippen LogP contribution in [0.1, 0.15) is 5.56 Å². The maximum absolute atomic E-state index is 12.0. The van der Waals surface area contributed by atoms with E-state index < -0.39 is 0 Å². The molecular formula is C19H21N3O3. The third kappa shape index (κ3) is 6.16. The van der Waals surface area contributed by atoms with E-state index in [-0.39, 0.29) is 12.5 Å². The smallest absolute Gasteiger partial charge is 0.262 e. The first-order chi connectivity index (χ1) is 12.1. The van der Waals surface area contributed by atoms with Crippen molar-refractivity contribution < 1.29 is 14.3 Å². The predicted molar refractivity (Wildman–Crippen MR) is 95.8 cm³/mol. The highest BCUT2D eigenvalue weighted by Crippen LogP contribution is 2.17. The number of ether oxygens (including phenoxy) is 2. The Balaban J connectivity index is 1.81. The van der Waals surface area contributed by atoms with Gasteiger partial charge in [0.1, 0.15) is 24.2 Å². The number of nitriles is 1. The topological polar surface area (TPSA) is 74.6 Å². The lowest BCUT2D eigenvalue weighted by atomic mass is 10.2. The fraction of sp³-hybridized carbons (Fsp3) is 0.263. The number of nitrogens with one attached hydrogen (secondary N) is 1. The van der Waals surface area contributed by atoms with Crippen LogP contribution in [0, 0.1) is 11.3 Å². The van der Waals surface area contributed by atoms with Crippen LogP contribution in [0.25, 0.3) is 0 Å². The first kappa shape index (κ1) is 18.3. The molecule has 0 aliphatic heterocycles. The van der Waals surface area contributed by atoms with E-state index >= 15 is 0 Å². The summed E-state index contributed by atoms with van der Waals surface area (Å²) in [5.74, 6) is 0.845. The van der Waals surface area contributed by atoms with Crippen molar-refractivity contribution in [3.05, 3.63) is 54.1 Å². The Morgan fingerprint density at radius 3 is 2.52 bits per heavy atom. The summed E-state index contributed by atoms with van der Waals surface area (Å²) in [5, 5.41) is 11.7. The second-order valence-corrected chi connectivity index (χ2v) is 5.62. The van der Waals surface area contributed by atoms with Crippen molar-refractivity contribution >= 4 is 11.6 Å². The molecule has 0 aromatic heterocycles. The summed E-state index contributed by atoms with van der Waals surface area (Å²) in [4.78, 5) is 14.0. The number of carbonyl (C=O) groups excluding carboxylic acids is 1. The number of benzene rings is 2. The quantitative estimate of drug-likeness (QED) is 0.800. The number of nitrogens with zero attached hydrogens (tertiary/aromatic N) is 2. The minimum Gasteiger partial charge on any atom is -0.492 e. The van der Waals surface area contributed by atoms with Gasteiger partial charge in [-0.05, 0) is 50.5 Å². The van der Waals surface area contributed by atoms with E-state index in [1.54, 1.807) is 48.5 Å². The van der Waals surface area contributed by atoms with Gasteiger partial charge in [0.2, 0.25) is 0 Å². The second kappa shape index (κ2) is 9.30. The van der Waals surface area contributed by atoms with E-state index in [0.29, 0.717) is 23.6 Å².